The minimum Gasteiger partial charge on any atom is -0.243 e. The standard InChI is InChI=1S/C13H9BrN2OS/c1-8-2-4-10(5-3-8)18-12-7-9(14)6-11-13(12)16-17-15-11/h2-7H,1H3. The number of benzene rings is 2. The number of aromatic nitrogens is 2. The molecule has 0 atom stereocenters. The molecule has 0 aliphatic heterocycles. The van der Waals surface area contributed by atoms with Gasteiger partial charge in [-0.2, -0.15) is 0 Å². The SMILES string of the molecule is Cc1ccc(Sc2cc(Br)cc3nonc23)cc1. The first kappa shape index (κ1) is 11.7. The quantitative estimate of drug-likeness (QED) is 0.699. The van der Waals surface area contributed by atoms with Crippen LogP contribution < -0.4 is 0 Å². The van der Waals surface area contributed by atoms with E-state index >= 15 is 0 Å². The zero-order chi connectivity index (χ0) is 12.5. The zero-order valence-electron chi connectivity index (χ0n) is 9.55. The van der Waals surface area contributed by atoms with E-state index in [1.165, 1.54) is 10.5 Å². The Morgan fingerprint density at radius 1 is 1.11 bits per heavy atom. The minimum absolute atomic E-state index is 0.763. The summed E-state index contributed by atoms with van der Waals surface area (Å²) in [5.41, 5.74) is 2.81. The number of hydrogen-bond acceptors (Lipinski definition) is 4. The van der Waals surface area contributed by atoms with Crippen LogP contribution in [0.1, 0.15) is 5.56 Å². The highest BCUT2D eigenvalue weighted by Gasteiger charge is 2.09. The van der Waals surface area contributed by atoms with Gasteiger partial charge in [-0.1, -0.05) is 45.4 Å². The molecule has 0 fully saturated rings. The van der Waals surface area contributed by atoms with E-state index in [4.69, 9.17) is 4.63 Å². The van der Waals surface area contributed by atoms with Crippen molar-refractivity contribution in [2.24, 2.45) is 0 Å². The lowest BCUT2D eigenvalue weighted by molar-refractivity contribution is 0.315. The highest BCUT2D eigenvalue weighted by atomic mass is 79.9. The molecule has 0 amide bonds. The maximum Gasteiger partial charge on any atom is 0.149 e. The van der Waals surface area contributed by atoms with Crippen LogP contribution in [0.3, 0.4) is 0 Å². The maximum absolute atomic E-state index is 4.78. The molecule has 0 unspecified atom stereocenters. The molecule has 2 aromatic carbocycles. The molecule has 90 valence electrons. The molecular weight excluding hydrogens is 312 g/mol. The van der Waals surface area contributed by atoms with Gasteiger partial charge in [0.25, 0.3) is 0 Å². The van der Waals surface area contributed by atoms with Crippen molar-refractivity contribution in [2.45, 2.75) is 16.7 Å². The molecule has 1 heterocycles. The number of halogens is 1. The van der Waals surface area contributed by atoms with Crippen LogP contribution in [-0.2, 0) is 0 Å². The monoisotopic (exact) mass is 320 g/mol. The van der Waals surface area contributed by atoms with Crippen LogP contribution in [0.25, 0.3) is 11.0 Å². The van der Waals surface area contributed by atoms with Gasteiger partial charge in [-0.15, -0.1) is 0 Å². The Bertz CT molecular complexity index is 694. The van der Waals surface area contributed by atoms with E-state index in [0.717, 1.165) is 20.4 Å². The lowest BCUT2D eigenvalue weighted by Gasteiger charge is -2.03. The van der Waals surface area contributed by atoms with Crippen LogP contribution in [0.15, 0.2) is 55.3 Å². The van der Waals surface area contributed by atoms with E-state index in [2.05, 4.69) is 57.4 Å². The van der Waals surface area contributed by atoms with Crippen molar-refractivity contribution in [1.29, 1.82) is 0 Å². The molecule has 1 aromatic heterocycles. The molecule has 0 saturated heterocycles. The van der Waals surface area contributed by atoms with Crippen molar-refractivity contribution in [3.63, 3.8) is 0 Å². The first-order valence-corrected chi connectivity index (χ1v) is 7.00. The van der Waals surface area contributed by atoms with Crippen molar-refractivity contribution in [2.75, 3.05) is 0 Å². The zero-order valence-corrected chi connectivity index (χ0v) is 12.0. The smallest absolute Gasteiger partial charge is 0.149 e. The normalized spacial score (nSPS) is 11.0. The van der Waals surface area contributed by atoms with E-state index in [1.54, 1.807) is 11.8 Å². The van der Waals surface area contributed by atoms with Crippen LogP contribution in [0, 0.1) is 6.92 Å². The third-order valence-electron chi connectivity index (χ3n) is 2.54. The first-order valence-electron chi connectivity index (χ1n) is 5.39. The Labute approximate surface area is 117 Å². The van der Waals surface area contributed by atoms with E-state index in [1.807, 2.05) is 12.1 Å². The lowest BCUT2D eigenvalue weighted by Crippen LogP contribution is -1.79. The second-order valence-electron chi connectivity index (χ2n) is 3.95. The fraction of sp³-hybridized carbons (Fsp3) is 0.0769. The number of nitrogens with zero attached hydrogens (tertiary/aromatic N) is 2. The van der Waals surface area contributed by atoms with E-state index in [9.17, 15) is 0 Å². The summed E-state index contributed by atoms with van der Waals surface area (Å²) in [6.07, 6.45) is 0. The molecule has 5 heteroatoms. The van der Waals surface area contributed by atoms with E-state index < -0.39 is 0 Å². The largest absolute Gasteiger partial charge is 0.243 e. The summed E-state index contributed by atoms with van der Waals surface area (Å²) in [7, 11) is 0. The average Bonchev–Trinajstić information content (AvgIpc) is 2.80. The Morgan fingerprint density at radius 3 is 2.67 bits per heavy atom. The Kier molecular flexibility index (Phi) is 3.09. The van der Waals surface area contributed by atoms with Crippen LogP contribution in [0.4, 0.5) is 0 Å². The van der Waals surface area contributed by atoms with Crippen molar-refractivity contribution in [3.05, 3.63) is 46.4 Å². The van der Waals surface area contributed by atoms with Crippen molar-refractivity contribution < 1.29 is 4.63 Å². The van der Waals surface area contributed by atoms with E-state index in [-0.39, 0.29) is 0 Å². The van der Waals surface area contributed by atoms with Crippen molar-refractivity contribution in [1.82, 2.24) is 10.3 Å². The summed E-state index contributed by atoms with van der Waals surface area (Å²) < 4.78 is 5.76. The molecule has 18 heavy (non-hydrogen) atoms. The van der Waals surface area contributed by atoms with Gasteiger partial charge in [0.2, 0.25) is 0 Å². The Balaban J connectivity index is 2.03. The second kappa shape index (κ2) is 4.74. The highest BCUT2D eigenvalue weighted by molar-refractivity contribution is 9.10. The van der Waals surface area contributed by atoms with Gasteiger partial charge in [0.05, 0.1) is 0 Å². The Morgan fingerprint density at radius 2 is 1.89 bits per heavy atom. The summed E-state index contributed by atoms with van der Waals surface area (Å²) in [6, 6.07) is 12.3. The molecule has 0 radical (unpaired) electrons. The van der Waals surface area contributed by atoms with E-state index in [0.29, 0.717) is 0 Å². The van der Waals surface area contributed by atoms with Gasteiger partial charge in [0.1, 0.15) is 11.0 Å². The minimum atomic E-state index is 0.763. The van der Waals surface area contributed by atoms with Gasteiger partial charge in [-0.3, -0.25) is 0 Å². The van der Waals surface area contributed by atoms with Gasteiger partial charge in [-0.05, 0) is 41.5 Å². The molecule has 0 saturated carbocycles. The molecule has 0 bridgehead atoms. The maximum atomic E-state index is 4.78. The topological polar surface area (TPSA) is 38.9 Å². The van der Waals surface area contributed by atoms with Gasteiger partial charge < -0.3 is 0 Å². The molecular formula is C13H9BrN2OS. The predicted octanol–water partition coefficient (Wildman–Crippen LogP) is 4.44. The van der Waals surface area contributed by atoms with Gasteiger partial charge in [-0.25, -0.2) is 4.63 Å². The summed E-state index contributed by atoms with van der Waals surface area (Å²) in [6.45, 7) is 2.08. The molecule has 0 N–H and O–H groups in total. The number of aryl methyl sites for hydroxylation is 1. The van der Waals surface area contributed by atoms with Gasteiger partial charge in [0.15, 0.2) is 0 Å². The summed E-state index contributed by atoms with van der Waals surface area (Å²) in [5, 5.41) is 7.81. The number of fused-ring (bicyclic) bond motifs is 1. The van der Waals surface area contributed by atoms with Crippen LogP contribution in [0.5, 0.6) is 0 Å². The third-order valence-corrected chi connectivity index (χ3v) is 4.04. The lowest BCUT2D eigenvalue weighted by atomic mass is 10.2. The molecule has 3 aromatic rings. The van der Waals surface area contributed by atoms with Gasteiger partial charge in [0, 0.05) is 14.3 Å². The van der Waals surface area contributed by atoms with Crippen molar-refractivity contribution >= 4 is 38.7 Å². The second-order valence-corrected chi connectivity index (χ2v) is 5.98. The Hall–Kier alpha value is -1.33. The molecule has 0 aliphatic carbocycles. The summed E-state index contributed by atoms with van der Waals surface area (Å²) in [5.74, 6) is 0. The fourth-order valence-electron chi connectivity index (χ4n) is 1.64. The van der Waals surface area contributed by atoms with Gasteiger partial charge >= 0.3 is 0 Å². The van der Waals surface area contributed by atoms with Crippen molar-refractivity contribution in [3.8, 4) is 0 Å². The molecule has 0 aliphatic rings. The molecule has 0 spiro atoms. The molecule has 3 rings (SSSR count). The highest BCUT2D eigenvalue weighted by Crippen LogP contribution is 2.34. The number of hydrogen-bond donors (Lipinski definition) is 0. The third kappa shape index (κ3) is 2.28. The molecule has 3 nitrogen and oxygen atoms in total. The summed E-state index contributed by atoms with van der Waals surface area (Å²) >= 11 is 5.12. The first-order chi connectivity index (χ1) is 8.72. The number of rotatable bonds is 2. The van der Waals surface area contributed by atoms with Crippen LogP contribution in [0.2, 0.25) is 0 Å². The summed E-state index contributed by atoms with van der Waals surface area (Å²) in [4.78, 5) is 2.20. The average molecular weight is 321 g/mol. The fourth-order valence-corrected chi connectivity index (χ4v) is 3.19. The van der Waals surface area contributed by atoms with Crippen LogP contribution >= 0.6 is 27.7 Å². The predicted molar refractivity (Wildman–Crippen MR) is 74.8 cm³/mol. The van der Waals surface area contributed by atoms with Crippen LogP contribution in [-0.4, -0.2) is 10.3 Å².